The summed E-state index contributed by atoms with van der Waals surface area (Å²) in [4.78, 5) is 12.2. The second kappa shape index (κ2) is 5.17. The van der Waals surface area contributed by atoms with E-state index >= 15 is 0 Å². The van der Waals surface area contributed by atoms with Crippen molar-refractivity contribution in [2.24, 2.45) is 5.73 Å². The zero-order valence-corrected chi connectivity index (χ0v) is 10.7. The summed E-state index contributed by atoms with van der Waals surface area (Å²) in [6.45, 7) is 0.683. The lowest BCUT2D eigenvalue weighted by molar-refractivity contribution is 0.456. The fourth-order valence-corrected chi connectivity index (χ4v) is 1.92. The van der Waals surface area contributed by atoms with Crippen molar-refractivity contribution in [3.8, 4) is 0 Å². The van der Waals surface area contributed by atoms with Crippen molar-refractivity contribution in [3.05, 3.63) is 46.5 Å². The molecule has 1 aromatic carbocycles. The highest BCUT2D eigenvalue weighted by atomic mass is 16.1. The maximum absolute atomic E-state index is 12.2. The van der Waals surface area contributed by atoms with Gasteiger partial charge in [-0.1, -0.05) is 22.6 Å². The topological polar surface area (TPSA) is 105 Å². The Morgan fingerprint density at radius 3 is 2.85 bits per heavy atom. The Kier molecular flexibility index (Phi) is 3.21. The Morgan fingerprint density at radius 2 is 2.00 bits per heavy atom. The van der Waals surface area contributed by atoms with Gasteiger partial charge in [-0.25, -0.2) is 4.68 Å². The number of aromatic nitrogens is 6. The molecule has 2 N–H and O–H groups in total. The van der Waals surface area contributed by atoms with E-state index < -0.39 is 0 Å². The first-order chi connectivity index (χ1) is 9.78. The van der Waals surface area contributed by atoms with Crippen LogP contribution in [0.3, 0.4) is 0 Å². The third kappa shape index (κ3) is 2.28. The fraction of sp³-hybridized carbons (Fsp3) is 0.250. The Balaban J connectivity index is 1.94. The molecule has 3 aromatic rings. The third-order valence-corrected chi connectivity index (χ3v) is 2.89. The van der Waals surface area contributed by atoms with Gasteiger partial charge in [0.15, 0.2) is 0 Å². The number of hydrogen-bond donors (Lipinski definition) is 1. The molecule has 20 heavy (non-hydrogen) atoms. The van der Waals surface area contributed by atoms with Gasteiger partial charge >= 0.3 is 0 Å². The SMILES string of the molecule is NCCc1cn(Cn2nnc3ccccc3c2=O)nn1. The first-order valence-corrected chi connectivity index (χ1v) is 6.19. The van der Waals surface area contributed by atoms with E-state index in [-0.39, 0.29) is 12.2 Å². The Morgan fingerprint density at radius 1 is 1.15 bits per heavy atom. The number of rotatable bonds is 4. The minimum absolute atomic E-state index is 0.175. The largest absolute Gasteiger partial charge is 0.330 e. The predicted octanol–water partition coefficient (Wildman–Crippen LogP) is -0.610. The van der Waals surface area contributed by atoms with E-state index in [1.54, 1.807) is 24.4 Å². The Hall–Kier alpha value is -2.61. The molecule has 3 rings (SSSR count). The molecule has 0 aliphatic rings. The average molecular weight is 271 g/mol. The highest BCUT2D eigenvalue weighted by Crippen LogP contribution is 2.03. The van der Waals surface area contributed by atoms with Crippen LogP contribution in [0.5, 0.6) is 0 Å². The summed E-state index contributed by atoms with van der Waals surface area (Å²) in [7, 11) is 0. The first-order valence-electron chi connectivity index (χ1n) is 6.19. The smallest absolute Gasteiger partial charge is 0.279 e. The normalized spacial score (nSPS) is 11.1. The number of nitrogens with zero attached hydrogens (tertiary/aromatic N) is 6. The maximum Gasteiger partial charge on any atom is 0.279 e. The maximum atomic E-state index is 12.2. The second-order valence-electron chi connectivity index (χ2n) is 4.34. The highest BCUT2D eigenvalue weighted by Gasteiger charge is 2.06. The van der Waals surface area contributed by atoms with Crippen LogP contribution < -0.4 is 11.3 Å². The van der Waals surface area contributed by atoms with Crippen LogP contribution in [-0.4, -0.2) is 36.5 Å². The lowest BCUT2D eigenvalue weighted by Crippen LogP contribution is -2.27. The molecule has 0 amide bonds. The molecule has 0 unspecified atom stereocenters. The van der Waals surface area contributed by atoms with Crippen LogP contribution in [-0.2, 0) is 13.1 Å². The molecule has 0 spiro atoms. The van der Waals surface area contributed by atoms with Crippen molar-refractivity contribution in [2.45, 2.75) is 13.1 Å². The van der Waals surface area contributed by atoms with Gasteiger partial charge in [0.2, 0.25) is 0 Å². The van der Waals surface area contributed by atoms with Crippen LogP contribution in [0.4, 0.5) is 0 Å². The molecule has 0 bridgehead atoms. The van der Waals surface area contributed by atoms with E-state index in [1.807, 2.05) is 6.07 Å². The molecule has 2 heterocycles. The summed E-state index contributed by atoms with van der Waals surface area (Å²) in [5, 5.41) is 16.3. The first kappa shape index (κ1) is 12.4. The molecule has 0 saturated heterocycles. The molecule has 0 fully saturated rings. The van der Waals surface area contributed by atoms with Gasteiger partial charge in [0.05, 0.1) is 17.3 Å². The lowest BCUT2D eigenvalue weighted by atomic mass is 10.2. The van der Waals surface area contributed by atoms with Crippen LogP contribution in [0.25, 0.3) is 10.9 Å². The molecule has 0 aliphatic carbocycles. The van der Waals surface area contributed by atoms with Gasteiger partial charge in [0, 0.05) is 6.42 Å². The molecule has 102 valence electrons. The summed E-state index contributed by atoms with van der Waals surface area (Å²) in [5.41, 5.74) is 6.62. The number of fused-ring (bicyclic) bond motifs is 1. The van der Waals surface area contributed by atoms with E-state index in [0.717, 1.165) is 5.69 Å². The van der Waals surface area contributed by atoms with E-state index in [9.17, 15) is 4.79 Å². The number of nitrogens with two attached hydrogens (primary N) is 1. The predicted molar refractivity (Wildman–Crippen MR) is 72.0 cm³/mol. The van der Waals surface area contributed by atoms with Gasteiger partial charge < -0.3 is 5.73 Å². The van der Waals surface area contributed by atoms with Crippen molar-refractivity contribution < 1.29 is 0 Å². The summed E-state index contributed by atoms with van der Waals surface area (Å²) < 4.78 is 2.79. The molecule has 0 radical (unpaired) electrons. The van der Waals surface area contributed by atoms with E-state index in [1.165, 1.54) is 9.36 Å². The van der Waals surface area contributed by atoms with E-state index in [2.05, 4.69) is 20.6 Å². The second-order valence-corrected chi connectivity index (χ2v) is 4.34. The fourth-order valence-electron chi connectivity index (χ4n) is 1.92. The van der Waals surface area contributed by atoms with E-state index in [4.69, 9.17) is 5.73 Å². The molecule has 0 aliphatic heterocycles. The van der Waals surface area contributed by atoms with Gasteiger partial charge in [-0.3, -0.25) is 4.79 Å². The van der Waals surface area contributed by atoms with Crippen LogP contribution in [0, 0.1) is 0 Å². The van der Waals surface area contributed by atoms with Crippen molar-refractivity contribution in [2.75, 3.05) is 6.54 Å². The van der Waals surface area contributed by atoms with Crippen LogP contribution in [0.2, 0.25) is 0 Å². The Bertz CT molecular complexity index is 792. The van der Waals surface area contributed by atoms with Gasteiger partial charge in [0.25, 0.3) is 5.56 Å². The highest BCUT2D eigenvalue weighted by molar-refractivity contribution is 5.76. The molecular weight excluding hydrogens is 258 g/mol. The number of hydrogen-bond acceptors (Lipinski definition) is 6. The minimum atomic E-state index is -0.202. The van der Waals surface area contributed by atoms with Crippen molar-refractivity contribution in [1.29, 1.82) is 0 Å². The van der Waals surface area contributed by atoms with Gasteiger partial charge in [-0.05, 0) is 18.7 Å². The lowest BCUT2D eigenvalue weighted by Gasteiger charge is -2.03. The standard InChI is InChI=1S/C12H13N7O/c13-6-5-9-7-18(16-14-9)8-19-12(20)10-3-1-2-4-11(10)15-17-19/h1-4,7H,5-6,8,13H2. The van der Waals surface area contributed by atoms with Crippen molar-refractivity contribution >= 4 is 10.9 Å². The van der Waals surface area contributed by atoms with E-state index in [0.29, 0.717) is 23.9 Å². The van der Waals surface area contributed by atoms with Crippen LogP contribution in [0.1, 0.15) is 5.69 Å². The summed E-state index contributed by atoms with van der Waals surface area (Å²) in [6, 6.07) is 7.09. The molecule has 8 heteroatoms. The van der Waals surface area contributed by atoms with Gasteiger partial charge in [-0.2, -0.15) is 4.68 Å². The quantitative estimate of drug-likeness (QED) is 0.678. The molecule has 0 atom stereocenters. The molecular formula is C12H13N7O. The number of benzene rings is 1. The van der Waals surface area contributed by atoms with Crippen molar-refractivity contribution in [1.82, 2.24) is 30.0 Å². The Labute approximate surface area is 113 Å². The summed E-state index contributed by atoms with van der Waals surface area (Å²) in [5.74, 6) is 0. The van der Waals surface area contributed by atoms with Crippen LogP contribution in [0.15, 0.2) is 35.3 Å². The summed E-state index contributed by atoms with van der Waals surface area (Å²) in [6.07, 6.45) is 2.40. The van der Waals surface area contributed by atoms with Gasteiger partial charge in [-0.15, -0.1) is 10.2 Å². The monoisotopic (exact) mass is 271 g/mol. The molecule has 2 aromatic heterocycles. The van der Waals surface area contributed by atoms with Crippen LogP contribution >= 0.6 is 0 Å². The molecule has 0 saturated carbocycles. The average Bonchev–Trinajstić information content (AvgIpc) is 2.90. The zero-order chi connectivity index (χ0) is 13.9. The molecule has 8 nitrogen and oxygen atoms in total. The summed E-state index contributed by atoms with van der Waals surface area (Å²) >= 11 is 0. The zero-order valence-electron chi connectivity index (χ0n) is 10.7. The third-order valence-electron chi connectivity index (χ3n) is 2.89. The van der Waals surface area contributed by atoms with Gasteiger partial charge in [0.1, 0.15) is 12.2 Å². The van der Waals surface area contributed by atoms with Crippen molar-refractivity contribution in [3.63, 3.8) is 0 Å². The minimum Gasteiger partial charge on any atom is -0.330 e.